The van der Waals surface area contributed by atoms with Crippen LogP contribution in [0.1, 0.15) is 33.4 Å². The van der Waals surface area contributed by atoms with Crippen molar-refractivity contribution in [3.8, 4) is 5.75 Å². The van der Waals surface area contributed by atoms with Crippen molar-refractivity contribution in [3.05, 3.63) is 76.0 Å². The minimum Gasteiger partial charge on any atom is -0.489 e. The zero-order chi connectivity index (χ0) is 19.9. The first-order valence-corrected chi connectivity index (χ1v) is 9.43. The number of thiazole rings is 1. The normalized spacial score (nSPS) is 10.9. The minimum absolute atomic E-state index is 0.147. The van der Waals surface area contributed by atoms with Gasteiger partial charge in [0.1, 0.15) is 23.1 Å². The van der Waals surface area contributed by atoms with Crippen LogP contribution >= 0.6 is 11.3 Å². The zero-order valence-electron chi connectivity index (χ0n) is 15.2. The highest BCUT2D eigenvalue weighted by Gasteiger charge is 2.15. The van der Waals surface area contributed by atoms with E-state index in [1.54, 1.807) is 42.5 Å². The van der Waals surface area contributed by atoms with Crippen LogP contribution in [-0.2, 0) is 13.0 Å². The number of nitrogens with one attached hydrogen (secondary N) is 1. The first-order chi connectivity index (χ1) is 13.6. The van der Waals surface area contributed by atoms with Crippen LogP contribution in [0.4, 0.5) is 9.52 Å². The SMILES string of the molecule is CCc1nc(N)sc1C(=O)NN=Cc1ccc(OCc2ccccc2F)cc1. The summed E-state index contributed by atoms with van der Waals surface area (Å²) in [6.45, 7) is 2.05. The summed E-state index contributed by atoms with van der Waals surface area (Å²) in [6.07, 6.45) is 2.14. The molecule has 0 aliphatic heterocycles. The molecule has 0 saturated carbocycles. The van der Waals surface area contributed by atoms with Crippen molar-refractivity contribution in [2.45, 2.75) is 20.0 Å². The molecule has 3 N–H and O–H groups in total. The van der Waals surface area contributed by atoms with Gasteiger partial charge in [-0.2, -0.15) is 5.10 Å². The predicted molar refractivity (Wildman–Crippen MR) is 108 cm³/mol. The number of aromatic nitrogens is 1. The van der Waals surface area contributed by atoms with Gasteiger partial charge in [0, 0.05) is 5.56 Å². The molecule has 3 aromatic rings. The molecule has 3 rings (SSSR count). The topological polar surface area (TPSA) is 89.6 Å². The number of hydrogen-bond acceptors (Lipinski definition) is 6. The molecule has 6 nitrogen and oxygen atoms in total. The van der Waals surface area contributed by atoms with Gasteiger partial charge >= 0.3 is 0 Å². The van der Waals surface area contributed by atoms with E-state index >= 15 is 0 Å². The molecule has 0 atom stereocenters. The van der Waals surface area contributed by atoms with Gasteiger partial charge in [-0.15, -0.1) is 0 Å². The summed E-state index contributed by atoms with van der Waals surface area (Å²) in [5, 5.41) is 4.32. The van der Waals surface area contributed by atoms with E-state index in [1.165, 1.54) is 12.3 Å². The summed E-state index contributed by atoms with van der Waals surface area (Å²) in [4.78, 5) is 16.8. The summed E-state index contributed by atoms with van der Waals surface area (Å²) in [5.41, 5.74) is 10.1. The number of benzene rings is 2. The highest BCUT2D eigenvalue weighted by molar-refractivity contribution is 7.17. The van der Waals surface area contributed by atoms with Gasteiger partial charge in [-0.3, -0.25) is 4.79 Å². The Bertz CT molecular complexity index is 986. The lowest BCUT2D eigenvalue weighted by atomic mass is 10.2. The fourth-order valence-electron chi connectivity index (χ4n) is 2.43. The monoisotopic (exact) mass is 398 g/mol. The number of nitrogen functional groups attached to an aromatic ring is 1. The summed E-state index contributed by atoms with van der Waals surface area (Å²) >= 11 is 1.14. The number of hydrogen-bond donors (Lipinski definition) is 2. The van der Waals surface area contributed by atoms with Crippen LogP contribution in [0.3, 0.4) is 0 Å². The Hall–Kier alpha value is -3.26. The van der Waals surface area contributed by atoms with Gasteiger partial charge in [-0.05, 0) is 42.3 Å². The third kappa shape index (κ3) is 4.92. The molecular weight excluding hydrogens is 379 g/mol. The molecule has 0 saturated heterocycles. The fourth-order valence-corrected chi connectivity index (χ4v) is 3.24. The summed E-state index contributed by atoms with van der Waals surface area (Å²) in [5.74, 6) is -0.0276. The predicted octanol–water partition coefficient (Wildman–Crippen LogP) is 3.77. The van der Waals surface area contributed by atoms with Crippen molar-refractivity contribution >= 4 is 28.6 Å². The fraction of sp³-hybridized carbons (Fsp3) is 0.150. The number of ether oxygens (including phenoxy) is 1. The molecular formula is C20H19FN4O2S. The maximum absolute atomic E-state index is 13.6. The molecule has 0 aliphatic rings. The third-order valence-electron chi connectivity index (χ3n) is 3.87. The second-order valence-corrected chi connectivity index (χ2v) is 6.86. The maximum Gasteiger partial charge on any atom is 0.283 e. The molecule has 28 heavy (non-hydrogen) atoms. The van der Waals surface area contributed by atoms with E-state index < -0.39 is 0 Å². The molecule has 144 valence electrons. The molecule has 0 radical (unpaired) electrons. The molecule has 2 aromatic carbocycles. The number of nitrogens with zero attached hydrogens (tertiary/aromatic N) is 2. The average Bonchev–Trinajstić information content (AvgIpc) is 3.09. The standard InChI is InChI=1S/C20H19FN4O2S/c1-2-17-18(28-20(22)24-17)19(26)25-23-11-13-7-9-15(10-8-13)27-12-14-5-3-4-6-16(14)21/h3-11H,2,12H2,1H3,(H2,22,24)(H,25,26). The van der Waals surface area contributed by atoms with E-state index in [0.717, 1.165) is 16.9 Å². The zero-order valence-corrected chi connectivity index (χ0v) is 16.0. The molecule has 0 unspecified atom stereocenters. The van der Waals surface area contributed by atoms with Crippen LogP contribution in [0.5, 0.6) is 5.75 Å². The summed E-state index contributed by atoms with van der Waals surface area (Å²) in [6, 6.07) is 13.6. The van der Waals surface area contributed by atoms with Crippen molar-refractivity contribution in [1.82, 2.24) is 10.4 Å². The van der Waals surface area contributed by atoms with E-state index in [0.29, 0.717) is 33.4 Å². The summed E-state index contributed by atoms with van der Waals surface area (Å²) < 4.78 is 19.2. The van der Waals surface area contributed by atoms with Crippen LogP contribution in [0.25, 0.3) is 0 Å². The molecule has 1 heterocycles. The molecule has 1 amide bonds. The highest BCUT2D eigenvalue weighted by atomic mass is 32.1. The van der Waals surface area contributed by atoms with Crippen molar-refractivity contribution in [1.29, 1.82) is 0 Å². The molecule has 1 aromatic heterocycles. The van der Waals surface area contributed by atoms with E-state index in [-0.39, 0.29) is 18.3 Å². The second-order valence-electron chi connectivity index (χ2n) is 5.83. The largest absolute Gasteiger partial charge is 0.489 e. The lowest BCUT2D eigenvalue weighted by molar-refractivity contribution is 0.0958. The van der Waals surface area contributed by atoms with Gasteiger partial charge < -0.3 is 10.5 Å². The second kappa shape index (κ2) is 9.09. The van der Waals surface area contributed by atoms with Gasteiger partial charge in [0.05, 0.1) is 11.9 Å². The number of carbonyl (C=O) groups is 1. The maximum atomic E-state index is 13.6. The Morgan fingerprint density at radius 1 is 1.29 bits per heavy atom. The number of halogens is 1. The van der Waals surface area contributed by atoms with Crippen molar-refractivity contribution < 1.29 is 13.9 Å². The first kappa shape index (κ1) is 19.5. The molecule has 0 bridgehead atoms. The van der Waals surface area contributed by atoms with Crippen molar-refractivity contribution in [2.75, 3.05) is 5.73 Å². The summed E-state index contributed by atoms with van der Waals surface area (Å²) in [7, 11) is 0. The number of hydrazone groups is 1. The van der Waals surface area contributed by atoms with Crippen molar-refractivity contribution in [2.24, 2.45) is 5.10 Å². The van der Waals surface area contributed by atoms with Crippen LogP contribution in [-0.4, -0.2) is 17.1 Å². The number of nitrogens with two attached hydrogens (primary N) is 1. The van der Waals surface area contributed by atoms with Gasteiger partial charge in [0.25, 0.3) is 5.91 Å². The van der Waals surface area contributed by atoms with Crippen LogP contribution in [0.15, 0.2) is 53.6 Å². The molecule has 8 heteroatoms. The Balaban J connectivity index is 1.55. The van der Waals surface area contributed by atoms with Crippen LogP contribution < -0.4 is 15.9 Å². The Kier molecular flexibility index (Phi) is 6.33. The van der Waals surface area contributed by atoms with Gasteiger partial charge in [0.2, 0.25) is 0 Å². The van der Waals surface area contributed by atoms with E-state index in [9.17, 15) is 9.18 Å². The number of aryl methyl sites for hydroxylation is 1. The number of amides is 1. The quantitative estimate of drug-likeness (QED) is 0.468. The number of rotatable bonds is 7. The molecule has 0 spiro atoms. The number of anilines is 1. The lowest BCUT2D eigenvalue weighted by Crippen LogP contribution is -2.17. The van der Waals surface area contributed by atoms with E-state index in [4.69, 9.17) is 10.5 Å². The Morgan fingerprint density at radius 2 is 2.04 bits per heavy atom. The van der Waals surface area contributed by atoms with Gasteiger partial charge in [0.15, 0.2) is 5.13 Å². The number of carbonyl (C=O) groups excluding carboxylic acids is 1. The molecule has 0 fully saturated rings. The smallest absolute Gasteiger partial charge is 0.283 e. The third-order valence-corrected chi connectivity index (χ3v) is 4.79. The average molecular weight is 398 g/mol. The first-order valence-electron chi connectivity index (χ1n) is 8.61. The van der Waals surface area contributed by atoms with Crippen molar-refractivity contribution in [3.63, 3.8) is 0 Å². The van der Waals surface area contributed by atoms with E-state index in [2.05, 4.69) is 15.5 Å². The minimum atomic E-state index is -0.341. The Labute approximate surface area is 165 Å². The highest BCUT2D eigenvalue weighted by Crippen LogP contribution is 2.20. The lowest BCUT2D eigenvalue weighted by Gasteiger charge is -2.07. The van der Waals surface area contributed by atoms with E-state index in [1.807, 2.05) is 6.92 Å². The van der Waals surface area contributed by atoms with Gasteiger partial charge in [-0.25, -0.2) is 14.8 Å². The van der Waals surface area contributed by atoms with Crippen LogP contribution in [0, 0.1) is 5.82 Å². The molecule has 0 aliphatic carbocycles. The Morgan fingerprint density at radius 3 is 2.75 bits per heavy atom. The van der Waals surface area contributed by atoms with Gasteiger partial charge in [-0.1, -0.05) is 36.5 Å². The van der Waals surface area contributed by atoms with Crippen LogP contribution in [0.2, 0.25) is 0 Å².